The van der Waals surface area contributed by atoms with E-state index in [0.717, 1.165) is 30.9 Å². The second-order valence-corrected chi connectivity index (χ2v) is 6.73. The van der Waals surface area contributed by atoms with Crippen LogP contribution in [0.15, 0.2) is 23.1 Å². The van der Waals surface area contributed by atoms with Crippen molar-refractivity contribution in [2.24, 2.45) is 5.73 Å². The lowest BCUT2D eigenvalue weighted by molar-refractivity contribution is -0.116. The number of rotatable bonds is 6. The van der Waals surface area contributed by atoms with Crippen LogP contribution in [0.5, 0.6) is 0 Å². The second kappa shape index (κ2) is 6.81. The lowest BCUT2D eigenvalue weighted by Gasteiger charge is -2.11. The minimum Gasteiger partial charge on any atom is -0.327 e. The Morgan fingerprint density at radius 3 is 2.65 bits per heavy atom. The van der Waals surface area contributed by atoms with Crippen LogP contribution in [0.2, 0.25) is 0 Å². The normalized spacial score (nSPS) is 13.0. The van der Waals surface area contributed by atoms with E-state index in [9.17, 15) is 17.6 Å². The van der Waals surface area contributed by atoms with Crippen LogP contribution < -0.4 is 11.1 Å². The summed E-state index contributed by atoms with van der Waals surface area (Å²) >= 11 is 0. The molecule has 112 valence electrons. The summed E-state index contributed by atoms with van der Waals surface area (Å²) in [5, 5.41) is 2.35. The average Bonchev–Trinajstić information content (AvgIpc) is 2.30. The van der Waals surface area contributed by atoms with E-state index in [4.69, 9.17) is 5.73 Å². The topological polar surface area (TPSA) is 89.3 Å². The van der Waals surface area contributed by atoms with Gasteiger partial charge in [-0.05, 0) is 24.6 Å². The van der Waals surface area contributed by atoms with Crippen molar-refractivity contribution in [3.63, 3.8) is 0 Å². The number of hydrogen-bond donors (Lipinski definition) is 2. The molecule has 0 aliphatic heterocycles. The molecule has 1 atom stereocenters. The predicted octanol–water partition coefficient (Wildman–Crippen LogP) is 1.69. The number of carbonyl (C=O) groups excluding carboxylic acids is 1. The van der Waals surface area contributed by atoms with E-state index in [1.807, 2.05) is 6.92 Å². The molecule has 0 saturated carbocycles. The molecule has 20 heavy (non-hydrogen) atoms. The average molecular weight is 302 g/mol. The van der Waals surface area contributed by atoms with Crippen molar-refractivity contribution in [2.75, 3.05) is 11.6 Å². The number of carbonyl (C=O) groups is 1. The van der Waals surface area contributed by atoms with Crippen LogP contribution in [0.3, 0.4) is 0 Å². The Morgan fingerprint density at radius 2 is 2.10 bits per heavy atom. The Labute approximate surface area is 118 Å². The van der Waals surface area contributed by atoms with Crippen LogP contribution in [-0.4, -0.2) is 26.6 Å². The molecule has 0 bridgehead atoms. The van der Waals surface area contributed by atoms with Gasteiger partial charge in [-0.2, -0.15) is 0 Å². The fraction of sp³-hybridized carbons (Fsp3) is 0.462. The number of amides is 1. The van der Waals surface area contributed by atoms with Crippen molar-refractivity contribution in [1.82, 2.24) is 0 Å². The van der Waals surface area contributed by atoms with Gasteiger partial charge >= 0.3 is 0 Å². The molecule has 0 aromatic heterocycles. The first-order valence-corrected chi connectivity index (χ1v) is 8.18. The van der Waals surface area contributed by atoms with Crippen LogP contribution in [0.4, 0.5) is 10.1 Å². The number of anilines is 1. The molecule has 0 saturated heterocycles. The molecule has 0 spiro atoms. The standard InChI is InChI=1S/C13H19FN2O3S/c1-3-4-9(15)7-13(17)16-12-8-10(20(2,18)19)5-6-11(12)14/h5-6,8-9H,3-4,7,15H2,1-2H3,(H,16,17). The molecule has 1 rings (SSSR count). The summed E-state index contributed by atoms with van der Waals surface area (Å²) in [6.07, 6.45) is 2.63. The Kier molecular flexibility index (Phi) is 5.64. The van der Waals surface area contributed by atoms with Gasteiger partial charge in [-0.15, -0.1) is 0 Å². The highest BCUT2D eigenvalue weighted by atomic mass is 32.2. The summed E-state index contributed by atoms with van der Waals surface area (Å²) in [5.74, 6) is -1.12. The molecular formula is C13H19FN2O3S. The molecule has 0 radical (unpaired) electrons. The monoisotopic (exact) mass is 302 g/mol. The van der Waals surface area contributed by atoms with Crippen LogP contribution in [-0.2, 0) is 14.6 Å². The number of sulfone groups is 1. The molecule has 1 aromatic carbocycles. The van der Waals surface area contributed by atoms with Crippen LogP contribution in [0.1, 0.15) is 26.2 Å². The van der Waals surface area contributed by atoms with Gasteiger partial charge in [0.15, 0.2) is 9.84 Å². The maximum Gasteiger partial charge on any atom is 0.226 e. The Morgan fingerprint density at radius 1 is 1.45 bits per heavy atom. The van der Waals surface area contributed by atoms with Gasteiger partial charge in [0, 0.05) is 18.7 Å². The van der Waals surface area contributed by atoms with Crippen molar-refractivity contribution >= 4 is 21.4 Å². The van der Waals surface area contributed by atoms with Crippen LogP contribution >= 0.6 is 0 Å². The number of halogens is 1. The van der Waals surface area contributed by atoms with E-state index in [0.29, 0.717) is 6.42 Å². The second-order valence-electron chi connectivity index (χ2n) is 4.71. The molecular weight excluding hydrogens is 283 g/mol. The molecule has 0 aliphatic rings. The SMILES string of the molecule is CCCC(N)CC(=O)Nc1cc(S(C)(=O)=O)ccc1F. The highest BCUT2D eigenvalue weighted by Gasteiger charge is 2.14. The van der Waals surface area contributed by atoms with E-state index in [1.165, 1.54) is 0 Å². The van der Waals surface area contributed by atoms with Gasteiger partial charge in [0.1, 0.15) is 5.82 Å². The van der Waals surface area contributed by atoms with Crippen molar-refractivity contribution in [3.05, 3.63) is 24.0 Å². The third-order valence-electron chi connectivity index (χ3n) is 2.75. The van der Waals surface area contributed by atoms with Gasteiger partial charge in [-0.3, -0.25) is 4.79 Å². The number of nitrogens with one attached hydrogen (secondary N) is 1. The third-order valence-corrected chi connectivity index (χ3v) is 3.86. The van der Waals surface area contributed by atoms with E-state index in [-0.39, 0.29) is 23.0 Å². The Balaban J connectivity index is 2.84. The summed E-state index contributed by atoms with van der Waals surface area (Å²) < 4.78 is 36.3. The van der Waals surface area contributed by atoms with Gasteiger partial charge in [-0.25, -0.2) is 12.8 Å². The van der Waals surface area contributed by atoms with Crippen molar-refractivity contribution in [1.29, 1.82) is 0 Å². The molecule has 5 nitrogen and oxygen atoms in total. The largest absolute Gasteiger partial charge is 0.327 e. The zero-order valence-electron chi connectivity index (χ0n) is 11.5. The summed E-state index contributed by atoms with van der Waals surface area (Å²) in [6.45, 7) is 1.95. The predicted molar refractivity (Wildman–Crippen MR) is 75.6 cm³/mol. The number of nitrogens with two attached hydrogens (primary N) is 1. The fourth-order valence-electron chi connectivity index (χ4n) is 1.74. The lowest BCUT2D eigenvalue weighted by atomic mass is 10.1. The summed E-state index contributed by atoms with van der Waals surface area (Å²) in [5.41, 5.74) is 5.57. The van der Waals surface area contributed by atoms with Gasteiger partial charge in [0.05, 0.1) is 10.6 Å². The highest BCUT2D eigenvalue weighted by Crippen LogP contribution is 2.20. The quantitative estimate of drug-likeness (QED) is 0.782. The van der Waals surface area contributed by atoms with E-state index in [1.54, 1.807) is 0 Å². The summed E-state index contributed by atoms with van der Waals surface area (Å²) in [7, 11) is -3.45. The molecule has 7 heteroatoms. The number of benzene rings is 1. The van der Waals surface area contributed by atoms with E-state index in [2.05, 4.69) is 5.32 Å². The van der Waals surface area contributed by atoms with Crippen molar-refractivity contribution < 1.29 is 17.6 Å². The van der Waals surface area contributed by atoms with Gasteiger partial charge in [-0.1, -0.05) is 13.3 Å². The van der Waals surface area contributed by atoms with Crippen LogP contribution in [0.25, 0.3) is 0 Å². The zero-order chi connectivity index (χ0) is 15.3. The zero-order valence-corrected chi connectivity index (χ0v) is 12.3. The first-order chi connectivity index (χ1) is 9.24. The Hall–Kier alpha value is -1.47. The molecule has 0 fully saturated rings. The molecule has 3 N–H and O–H groups in total. The van der Waals surface area contributed by atoms with Gasteiger partial charge < -0.3 is 11.1 Å². The fourth-order valence-corrected chi connectivity index (χ4v) is 2.39. The molecule has 1 aromatic rings. The smallest absolute Gasteiger partial charge is 0.226 e. The van der Waals surface area contributed by atoms with E-state index >= 15 is 0 Å². The lowest BCUT2D eigenvalue weighted by Crippen LogP contribution is -2.27. The minimum atomic E-state index is -3.45. The molecule has 0 heterocycles. The van der Waals surface area contributed by atoms with Crippen molar-refractivity contribution in [3.8, 4) is 0 Å². The highest BCUT2D eigenvalue weighted by molar-refractivity contribution is 7.90. The van der Waals surface area contributed by atoms with E-state index < -0.39 is 21.6 Å². The maximum absolute atomic E-state index is 13.6. The summed E-state index contributed by atoms with van der Waals surface area (Å²) in [6, 6.07) is 2.98. The first kappa shape index (κ1) is 16.6. The minimum absolute atomic E-state index is 0.0490. The third kappa shape index (κ3) is 4.90. The maximum atomic E-state index is 13.6. The number of hydrogen-bond acceptors (Lipinski definition) is 4. The van der Waals surface area contributed by atoms with Gasteiger partial charge in [0.2, 0.25) is 5.91 Å². The molecule has 1 unspecified atom stereocenters. The van der Waals surface area contributed by atoms with Crippen molar-refractivity contribution in [2.45, 2.75) is 37.1 Å². The van der Waals surface area contributed by atoms with Gasteiger partial charge in [0.25, 0.3) is 0 Å². The first-order valence-electron chi connectivity index (χ1n) is 6.29. The van der Waals surface area contributed by atoms with Crippen LogP contribution in [0, 0.1) is 5.82 Å². The molecule has 0 aliphatic carbocycles. The molecule has 1 amide bonds. The Bertz CT molecular complexity index is 587. The summed E-state index contributed by atoms with van der Waals surface area (Å²) in [4.78, 5) is 11.7.